The third-order valence-corrected chi connectivity index (χ3v) is 3.10. The van der Waals surface area contributed by atoms with Crippen molar-refractivity contribution in [3.05, 3.63) is 15.6 Å². The first-order chi connectivity index (χ1) is 7.09. The third kappa shape index (κ3) is 4.40. The van der Waals surface area contributed by atoms with E-state index in [9.17, 15) is 4.79 Å². The SMILES string of the molecule is CC(=O)NCCNCc1nc(C)c(C)s1. The number of nitrogens with zero attached hydrogens (tertiary/aromatic N) is 1. The van der Waals surface area contributed by atoms with Crippen LogP contribution < -0.4 is 10.6 Å². The number of hydrogen-bond acceptors (Lipinski definition) is 4. The summed E-state index contributed by atoms with van der Waals surface area (Å²) in [4.78, 5) is 16.3. The summed E-state index contributed by atoms with van der Waals surface area (Å²) in [7, 11) is 0. The van der Waals surface area contributed by atoms with Crippen LogP contribution in [0.5, 0.6) is 0 Å². The van der Waals surface area contributed by atoms with Crippen molar-refractivity contribution < 1.29 is 4.79 Å². The normalized spacial score (nSPS) is 10.3. The van der Waals surface area contributed by atoms with Crippen molar-refractivity contribution >= 4 is 17.2 Å². The summed E-state index contributed by atoms with van der Waals surface area (Å²) in [6, 6.07) is 0. The maximum Gasteiger partial charge on any atom is 0.216 e. The largest absolute Gasteiger partial charge is 0.355 e. The number of amides is 1. The van der Waals surface area contributed by atoms with Crippen molar-refractivity contribution in [2.75, 3.05) is 13.1 Å². The zero-order valence-corrected chi connectivity index (χ0v) is 10.2. The summed E-state index contributed by atoms with van der Waals surface area (Å²) in [5.74, 6) is 0.0118. The lowest BCUT2D eigenvalue weighted by Crippen LogP contribution is -2.29. The van der Waals surface area contributed by atoms with E-state index in [1.165, 1.54) is 11.8 Å². The quantitative estimate of drug-likeness (QED) is 0.737. The molecule has 0 unspecified atom stereocenters. The Bertz CT molecular complexity index is 316. The van der Waals surface area contributed by atoms with Crippen LogP contribution in [0, 0.1) is 13.8 Å². The molecule has 15 heavy (non-hydrogen) atoms. The van der Waals surface area contributed by atoms with E-state index in [4.69, 9.17) is 0 Å². The van der Waals surface area contributed by atoms with Gasteiger partial charge in [-0.15, -0.1) is 11.3 Å². The smallest absolute Gasteiger partial charge is 0.216 e. The first-order valence-electron chi connectivity index (χ1n) is 4.97. The Balaban J connectivity index is 2.18. The average molecular weight is 227 g/mol. The summed E-state index contributed by atoms with van der Waals surface area (Å²) in [6.45, 7) is 7.84. The first-order valence-corrected chi connectivity index (χ1v) is 5.79. The van der Waals surface area contributed by atoms with Crippen molar-refractivity contribution in [3.63, 3.8) is 0 Å². The highest BCUT2D eigenvalue weighted by Crippen LogP contribution is 2.15. The molecule has 0 radical (unpaired) electrons. The molecular weight excluding hydrogens is 210 g/mol. The minimum atomic E-state index is 0.0118. The van der Waals surface area contributed by atoms with E-state index in [1.54, 1.807) is 11.3 Å². The van der Waals surface area contributed by atoms with Crippen LogP contribution in [0.4, 0.5) is 0 Å². The van der Waals surface area contributed by atoms with E-state index >= 15 is 0 Å². The Morgan fingerprint density at radius 2 is 2.13 bits per heavy atom. The Hall–Kier alpha value is -0.940. The van der Waals surface area contributed by atoms with Gasteiger partial charge in [-0.3, -0.25) is 4.79 Å². The van der Waals surface area contributed by atoms with E-state index in [1.807, 2.05) is 6.92 Å². The van der Waals surface area contributed by atoms with Crippen LogP contribution in [-0.4, -0.2) is 24.0 Å². The van der Waals surface area contributed by atoms with Crippen molar-refractivity contribution in [1.29, 1.82) is 0 Å². The molecule has 0 fully saturated rings. The summed E-state index contributed by atoms with van der Waals surface area (Å²) in [6.07, 6.45) is 0. The zero-order valence-electron chi connectivity index (χ0n) is 9.39. The molecule has 5 heteroatoms. The summed E-state index contributed by atoms with van der Waals surface area (Å²) >= 11 is 1.72. The van der Waals surface area contributed by atoms with E-state index in [0.29, 0.717) is 6.54 Å². The number of carbonyl (C=O) groups excluding carboxylic acids is 1. The van der Waals surface area contributed by atoms with Crippen LogP contribution in [0.1, 0.15) is 22.5 Å². The van der Waals surface area contributed by atoms with Gasteiger partial charge in [0.2, 0.25) is 5.91 Å². The van der Waals surface area contributed by atoms with Gasteiger partial charge in [-0.05, 0) is 13.8 Å². The minimum absolute atomic E-state index is 0.0118. The van der Waals surface area contributed by atoms with Crippen molar-refractivity contribution in [2.24, 2.45) is 0 Å². The molecule has 0 saturated carbocycles. The minimum Gasteiger partial charge on any atom is -0.355 e. The van der Waals surface area contributed by atoms with E-state index in [-0.39, 0.29) is 5.91 Å². The maximum atomic E-state index is 10.6. The van der Waals surface area contributed by atoms with E-state index in [0.717, 1.165) is 23.8 Å². The molecular formula is C10H17N3OS. The predicted octanol–water partition coefficient (Wildman–Crippen LogP) is 0.986. The van der Waals surface area contributed by atoms with Gasteiger partial charge < -0.3 is 10.6 Å². The fraction of sp³-hybridized carbons (Fsp3) is 0.600. The zero-order chi connectivity index (χ0) is 11.3. The second kappa shape index (κ2) is 5.82. The van der Waals surface area contributed by atoms with Crippen LogP contribution in [0.3, 0.4) is 0 Å². The number of carbonyl (C=O) groups is 1. The highest BCUT2D eigenvalue weighted by Gasteiger charge is 2.02. The Kier molecular flexibility index (Phi) is 4.71. The molecule has 0 aliphatic rings. The van der Waals surface area contributed by atoms with Gasteiger partial charge in [-0.1, -0.05) is 0 Å². The number of nitrogens with one attached hydrogen (secondary N) is 2. The third-order valence-electron chi connectivity index (χ3n) is 2.02. The van der Waals surface area contributed by atoms with E-state index < -0.39 is 0 Å². The Morgan fingerprint density at radius 1 is 1.40 bits per heavy atom. The first kappa shape index (κ1) is 12.1. The van der Waals surface area contributed by atoms with Crippen LogP contribution in [0.15, 0.2) is 0 Å². The Morgan fingerprint density at radius 3 is 2.67 bits per heavy atom. The molecule has 0 saturated heterocycles. The fourth-order valence-electron chi connectivity index (χ4n) is 1.14. The van der Waals surface area contributed by atoms with Gasteiger partial charge in [0.05, 0.1) is 5.69 Å². The highest BCUT2D eigenvalue weighted by atomic mass is 32.1. The van der Waals surface area contributed by atoms with Gasteiger partial charge in [0.15, 0.2) is 0 Å². The van der Waals surface area contributed by atoms with Crippen molar-refractivity contribution in [3.8, 4) is 0 Å². The fourth-order valence-corrected chi connectivity index (χ4v) is 2.04. The second-order valence-corrected chi connectivity index (χ2v) is 4.70. The number of hydrogen-bond donors (Lipinski definition) is 2. The molecule has 1 aromatic heterocycles. The molecule has 0 bridgehead atoms. The van der Waals surface area contributed by atoms with Gasteiger partial charge >= 0.3 is 0 Å². The van der Waals surface area contributed by atoms with Crippen LogP contribution >= 0.6 is 11.3 Å². The van der Waals surface area contributed by atoms with Gasteiger partial charge in [0.1, 0.15) is 5.01 Å². The molecule has 1 rings (SSSR count). The maximum absolute atomic E-state index is 10.6. The molecule has 0 aliphatic heterocycles. The van der Waals surface area contributed by atoms with Crippen molar-refractivity contribution in [1.82, 2.24) is 15.6 Å². The molecule has 84 valence electrons. The molecule has 1 heterocycles. The lowest BCUT2D eigenvalue weighted by Gasteiger charge is -2.02. The van der Waals surface area contributed by atoms with Gasteiger partial charge in [-0.2, -0.15) is 0 Å². The summed E-state index contributed by atoms with van der Waals surface area (Å²) in [5.41, 5.74) is 1.11. The van der Waals surface area contributed by atoms with Crippen LogP contribution in [0.2, 0.25) is 0 Å². The number of aryl methyl sites for hydroxylation is 2. The molecule has 1 amide bonds. The number of aromatic nitrogens is 1. The van der Waals surface area contributed by atoms with Crippen molar-refractivity contribution in [2.45, 2.75) is 27.3 Å². The monoisotopic (exact) mass is 227 g/mol. The van der Waals surface area contributed by atoms with Crippen LogP contribution in [-0.2, 0) is 11.3 Å². The standard InChI is InChI=1S/C10H17N3OS/c1-7-8(2)15-10(13-7)6-11-4-5-12-9(3)14/h11H,4-6H2,1-3H3,(H,12,14). The van der Waals surface area contributed by atoms with Gasteiger partial charge in [-0.25, -0.2) is 4.98 Å². The molecule has 0 spiro atoms. The highest BCUT2D eigenvalue weighted by molar-refractivity contribution is 7.11. The topological polar surface area (TPSA) is 54.0 Å². The lowest BCUT2D eigenvalue weighted by molar-refractivity contribution is -0.118. The van der Waals surface area contributed by atoms with Gasteiger partial charge in [0, 0.05) is 31.4 Å². The molecule has 2 N–H and O–H groups in total. The van der Waals surface area contributed by atoms with Gasteiger partial charge in [0.25, 0.3) is 0 Å². The molecule has 1 aromatic rings. The molecule has 0 aromatic carbocycles. The second-order valence-electron chi connectivity index (χ2n) is 3.41. The molecule has 0 aliphatic carbocycles. The molecule has 4 nitrogen and oxygen atoms in total. The van der Waals surface area contributed by atoms with Crippen LogP contribution in [0.25, 0.3) is 0 Å². The summed E-state index contributed by atoms with van der Waals surface area (Å²) in [5, 5.41) is 7.07. The van der Waals surface area contributed by atoms with E-state index in [2.05, 4.69) is 22.5 Å². The Labute approximate surface area is 94.1 Å². The average Bonchev–Trinajstić information content (AvgIpc) is 2.45. The predicted molar refractivity (Wildman–Crippen MR) is 62.0 cm³/mol. The lowest BCUT2D eigenvalue weighted by atomic mass is 10.4. The molecule has 0 atom stereocenters. The number of thiazole rings is 1. The summed E-state index contributed by atoms with van der Waals surface area (Å²) < 4.78 is 0. The number of rotatable bonds is 5.